The van der Waals surface area contributed by atoms with Gasteiger partial charge >= 0.3 is 0 Å². The number of benzene rings is 1. The van der Waals surface area contributed by atoms with Crippen LogP contribution < -0.4 is 4.74 Å². The molecule has 21 heavy (non-hydrogen) atoms. The quantitative estimate of drug-likeness (QED) is 0.862. The molecule has 0 saturated heterocycles. The van der Waals surface area contributed by atoms with E-state index in [1.165, 1.54) is 4.90 Å². The second kappa shape index (κ2) is 6.59. The Hall–Kier alpha value is -2.06. The lowest BCUT2D eigenvalue weighted by atomic mass is 10.2. The van der Waals surface area contributed by atoms with Crippen LogP contribution >= 0.6 is 0 Å². The van der Waals surface area contributed by atoms with E-state index in [-0.39, 0.29) is 5.91 Å². The number of carbonyl (C=O) groups is 1. The van der Waals surface area contributed by atoms with E-state index in [4.69, 9.17) is 10.00 Å². The maximum Gasteiger partial charge on any atom is 0.263 e. The van der Waals surface area contributed by atoms with E-state index in [0.29, 0.717) is 23.8 Å². The summed E-state index contributed by atoms with van der Waals surface area (Å²) in [5.41, 5.74) is 0.401. The number of nitrogens with zero attached hydrogens (tertiary/aromatic N) is 2. The predicted octanol–water partition coefficient (Wildman–Crippen LogP) is 1.55. The number of para-hydroxylation sites is 1. The molecule has 112 valence electrons. The van der Waals surface area contributed by atoms with Crippen LogP contribution in [0, 0.1) is 17.2 Å². The van der Waals surface area contributed by atoms with Gasteiger partial charge in [0.1, 0.15) is 11.8 Å². The van der Waals surface area contributed by atoms with Gasteiger partial charge in [-0.1, -0.05) is 12.1 Å². The van der Waals surface area contributed by atoms with E-state index in [1.54, 1.807) is 38.2 Å². The highest BCUT2D eigenvalue weighted by Gasteiger charge is 2.32. The number of rotatable bonds is 6. The van der Waals surface area contributed by atoms with E-state index in [2.05, 4.69) is 0 Å². The molecule has 1 aliphatic rings. The first-order valence-electron chi connectivity index (χ1n) is 7.11. The molecule has 2 atom stereocenters. The summed E-state index contributed by atoms with van der Waals surface area (Å²) < 4.78 is 5.58. The average Bonchev–Trinajstić information content (AvgIpc) is 3.31. The number of nitriles is 1. The van der Waals surface area contributed by atoms with Crippen LogP contribution in [0.15, 0.2) is 24.3 Å². The Labute approximate surface area is 124 Å². The summed E-state index contributed by atoms with van der Waals surface area (Å²) in [5, 5.41) is 18.9. The molecule has 1 fully saturated rings. The Morgan fingerprint density at radius 1 is 1.52 bits per heavy atom. The van der Waals surface area contributed by atoms with Crippen LogP contribution in [0.5, 0.6) is 5.75 Å². The predicted molar refractivity (Wildman–Crippen MR) is 77.6 cm³/mol. The van der Waals surface area contributed by atoms with Crippen molar-refractivity contribution in [1.29, 1.82) is 5.26 Å². The van der Waals surface area contributed by atoms with Crippen molar-refractivity contribution in [3.63, 3.8) is 0 Å². The van der Waals surface area contributed by atoms with E-state index in [9.17, 15) is 9.90 Å². The van der Waals surface area contributed by atoms with Crippen LogP contribution in [-0.2, 0) is 4.79 Å². The van der Waals surface area contributed by atoms with Gasteiger partial charge in [0.2, 0.25) is 0 Å². The van der Waals surface area contributed by atoms with E-state index < -0.39 is 12.2 Å². The molecule has 1 saturated carbocycles. The number of hydrogen-bond acceptors (Lipinski definition) is 4. The summed E-state index contributed by atoms with van der Waals surface area (Å²) in [6, 6.07) is 8.85. The van der Waals surface area contributed by atoms with Gasteiger partial charge in [0.05, 0.1) is 11.7 Å². The zero-order valence-corrected chi connectivity index (χ0v) is 12.3. The number of carbonyl (C=O) groups excluding carboxylic acids is 1. The summed E-state index contributed by atoms with van der Waals surface area (Å²) in [4.78, 5) is 13.7. The third kappa shape index (κ3) is 3.96. The number of likely N-dealkylation sites (N-methyl/N-ethyl adjacent to an activating group) is 1. The molecule has 0 spiro atoms. The molecule has 5 nitrogen and oxygen atoms in total. The van der Waals surface area contributed by atoms with Crippen molar-refractivity contribution in [2.75, 3.05) is 13.6 Å². The van der Waals surface area contributed by atoms with Crippen LogP contribution in [-0.4, -0.2) is 41.7 Å². The van der Waals surface area contributed by atoms with Crippen LogP contribution in [0.1, 0.15) is 25.3 Å². The van der Waals surface area contributed by atoms with Gasteiger partial charge in [0.15, 0.2) is 6.10 Å². The summed E-state index contributed by atoms with van der Waals surface area (Å²) in [6.45, 7) is 1.97. The van der Waals surface area contributed by atoms with Gasteiger partial charge in [-0.25, -0.2) is 0 Å². The van der Waals surface area contributed by atoms with Gasteiger partial charge in [-0.05, 0) is 37.8 Å². The second-order valence-corrected chi connectivity index (χ2v) is 5.49. The molecule has 5 heteroatoms. The van der Waals surface area contributed by atoms with Gasteiger partial charge in [-0.3, -0.25) is 4.79 Å². The van der Waals surface area contributed by atoms with Crippen LogP contribution in [0.3, 0.4) is 0 Å². The van der Waals surface area contributed by atoms with E-state index in [1.807, 2.05) is 6.07 Å². The zero-order valence-electron chi connectivity index (χ0n) is 12.3. The number of aliphatic hydroxyl groups is 1. The third-order valence-electron chi connectivity index (χ3n) is 3.66. The van der Waals surface area contributed by atoms with Crippen LogP contribution in [0.2, 0.25) is 0 Å². The van der Waals surface area contributed by atoms with Crippen molar-refractivity contribution < 1.29 is 14.6 Å². The molecule has 0 radical (unpaired) electrons. The minimum Gasteiger partial charge on any atom is -0.480 e. The summed E-state index contributed by atoms with van der Waals surface area (Å²) >= 11 is 0. The van der Waals surface area contributed by atoms with Gasteiger partial charge in [0, 0.05) is 13.6 Å². The monoisotopic (exact) mass is 288 g/mol. The van der Waals surface area contributed by atoms with E-state index in [0.717, 1.165) is 12.8 Å². The fourth-order valence-corrected chi connectivity index (χ4v) is 2.21. The Balaban J connectivity index is 1.93. The average molecular weight is 288 g/mol. The number of hydrogen-bond donors (Lipinski definition) is 1. The van der Waals surface area contributed by atoms with Gasteiger partial charge in [0.25, 0.3) is 5.91 Å². The molecular weight excluding hydrogens is 268 g/mol. The summed E-state index contributed by atoms with van der Waals surface area (Å²) in [7, 11) is 1.66. The van der Waals surface area contributed by atoms with E-state index >= 15 is 0 Å². The minimum atomic E-state index is -0.698. The minimum absolute atomic E-state index is 0.206. The summed E-state index contributed by atoms with van der Waals surface area (Å²) in [5.74, 6) is 0.523. The first kappa shape index (κ1) is 15.3. The molecular formula is C16H20N2O3. The molecule has 2 rings (SSSR count). The zero-order chi connectivity index (χ0) is 15.4. The fraction of sp³-hybridized carbons (Fsp3) is 0.500. The Morgan fingerprint density at radius 2 is 2.19 bits per heavy atom. The van der Waals surface area contributed by atoms with Crippen molar-refractivity contribution in [1.82, 2.24) is 4.90 Å². The highest BCUT2D eigenvalue weighted by Crippen LogP contribution is 2.32. The standard InChI is InChI=1S/C16H20N2O3/c1-11(21-15-6-4-3-5-13(15)9-17)16(20)18(2)10-14(19)12-7-8-12/h3-6,11-12,14,19H,7-8,10H2,1-2H3. The highest BCUT2D eigenvalue weighted by molar-refractivity contribution is 5.80. The first-order chi connectivity index (χ1) is 10.0. The summed E-state index contributed by atoms with van der Waals surface area (Å²) in [6.07, 6.45) is 0.906. The van der Waals surface area contributed by atoms with Crippen molar-refractivity contribution in [2.24, 2.45) is 5.92 Å². The Bertz CT molecular complexity index is 549. The topological polar surface area (TPSA) is 73.6 Å². The van der Waals surface area contributed by atoms with Crippen molar-refractivity contribution in [3.8, 4) is 11.8 Å². The third-order valence-corrected chi connectivity index (χ3v) is 3.66. The molecule has 1 aromatic carbocycles. The van der Waals surface area contributed by atoms with Crippen molar-refractivity contribution >= 4 is 5.91 Å². The largest absolute Gasteiger partial charge is 0.480 e. The number of amides is 1. The molecule has 1 N–H and O–H groups in total. The lowest BCUT2D eigenvalue weighted by Crippen LogP contribution is -2.42. The molecule has 1 aliphatic carbocycles. The molecule has 0 aromatic heterocycles. The normalized spacial score (nSPS) is 16.7. The maximum atomic E-state index is 12.2. The molecule has 0 aliphatic heterocycles. The van der Waals surface area contributed by atoms with Crippen molar-refractivity contribution in [2.45, 2.75) is 32.0 Å². The van der Waals surface area contributed by atoms with Crippen LogP contribution in [0.4, 0.5) is 0 Å². The second-order valence-electron chi connectivity index (χ2n) is 5.49. The Kier molecular flexibility index (Phi) is 4.81. The van der Waals surface area contributed by atoms with Gasteiger partial charge in [-0.15, -0.1) is 0 Å². The first-order valence-corrected chi connectivity index (χ1v) is 7.11. The molecule has 1 amide bonds. The smallest absolute Gasteiger partial charge is 0.263 e. The van der Waals surface area contributed by atoms with Gasteiger partial charge in [-0.2, -0.15) is 5.26 Å². The SMILES string of the molecule is CC(Oc1ccccc1C#N)C(=O)N(C)CC(O)C1CC1. The molecule has 2 unspecified atom stereocenters. The maximum absolute atomic E-state index is 12.2. The number of aliphatic hydroxyl groups excluding tert-OH is 1. The Morgan fingerprint density at radius 3 is 2.81 bits per heavy atom. The molecule has 1 aromatic rings. The molecule has 0 heterocycles. The number of ether oxygens (including phenoxy) is 1. The van der Waals surface area contributed by atoms with Crippen molar-refractivity contribution in [3.05, 3.63) is 29.8 Å². The lowest BCUT2D eigenvalue weighted by Gasteiger charge is -2.24. The lowest BCUT2D eigenvalue weighted by molar-refractivity contribution is -0.138. The fourth-order valence-electron chi connectivity index (χ4n) is 2.21. The molecule has 0 bridgehead atoms. The highest BCUT2D eigenvalue weighted by atomic mass is 16.5. The van der Waals surface area contributed by atoms with Crippen LogP contribution in [0.25, 0.3) is 0 Å². The van der Waals surface area contributed by atoms with Gasteiger partial charge < -0.3 is 14.7 Å².